The maximum absolute atomic E-state index is 13.5. The average Bonchev–Trinajstić information content (AvgIpc) is 2.59. The molecule has 1 saturated heterocycles. The summed E-state index contributed by atoms with van der Waals surface area (Å²) in [5.74, 6) is 0.519. The monoisotopic (exact) mass is 350 g/mol. The van der Waals surface area contributed by atoms with Crippen LogP contribution in [0.15, 0.2) is 42.6 Å². The third kappa shape index (κ3) is 3.89. The Morgan fingerprint density at radius 3 is 2.61 bits per heavy atom. The fourth-order valence-electron chi connectivity index (χ4n) is 2.46. The molecule has 4 nitrogen and oxygen atoms in total. The van der Waals surface area contributed by atoms with Crippen molar-refractivity contribution in [3.63, 3.8) is 0 Å². The molecule has 0 spiro atoms. The van der Waals surface area contributed by atoms with Gasteiger partial charge in [0.1, 0.15) is 11.6 Å². The summed E-state index contributed by atoms with van der Waals surface area (Å²) in [5.41, 5.74) is 0.601. The van der Waals surface area contributed by atoms with Gasteiger partial charge < -0.3 is 15.1 Å². The van der Waals surface area contributed by atoms with Crippen molar-refractivity contribution < 1.29 is 4.39 Å². The van der Waals surface area contributed by atoms with Crippen molar-refractivity contribution in [3.05, 3.63) is 53.4 Å². The molecule has 0 saturated carbocycles. The van der Waals surface area contributed by atoms with Crippen LogP contribution in [0.1, 0.15) is 0 Å². The van der Waals surface area contributed by atoms with Crippen molar-refractivity contribution in [2.45, 2.75) is 0 Å². The van der Waals surface area contributed by atoms with Crippen LogP contribution in [0, 0.1) is 5.82 Å². The first-order chi connectivity index (χ1) is 11.1. The molecule has 0 amide bonds. The van der Waals surface area contributed by atoms with Crippen molar-refractivity contribution in [1.29, 1.82) is 0 Å². The van der Waals surface area contributed by atoms with Crippen molar-refractivity contribution in [2.75, 3.05) is 36.4 Å². The number of aromatic nitrogens is 1. The fraction of sp³-hybridized carbons (Fsp3) is 0.250. The number of halogens is 2. The van der Waals surface area contributed by atoms with E-state index in [-0.39, 0.29) is 5.02 Å². The van der Waals surface area contributed by atoms with Gasteiger partial charge in [-0.05, 0) is 42.5 Å². The Morgan fingerprint density at radius 1 is 1.17 bits per heavy atom. The smallest absolute Gasteiger partial charge is 0.173 e. The second-order valence-corrected chi connectivity index (χ2v) is 6.01. The van der Waals surface area contributed by atoms with E-state index in [1.165, 1.54) is 12.1 Å². The van der Waals surface area contributed by atoms with E-state index in [4.69, 9.17) is 23.8 Å². The van der Waals surface area contributed by atoms with Crippen LogP contribution in [0.2, 0.25) is 5.02 Å². The van der Waals surface area contributed by atoms with E-state index < -0.39 is 5.82 Å². The van der Waals surface area contributed by atoms with Gasteiger partial charge in [0.2, 0.25) is 0 Å². The highest BCUT2D eigenvalue weighted by Gasteiger charge is 2.19. The molecule has 0 bridgehead atoms. The number of pyridine rings is 1. The summed E-state index contributed by atoms with van der Waals surface area (Å²) in [5, 5.41) is 3.75. The van der Waals surface area contributed by atoms with Gasteiger partial charge in [0.25, 0.3) is 0 Å². The highest BCUT2D eigenvalue weighted by molar-refractivity contribution is 7.80. The minimum atomic E-state index is -0.459. The lowest BCUT2D eigenvalue weighted by atomic mass is 10.3. The lowest BCUT2D eigenvalue weighted by Crippen LogP contribution is -2.50. The van der Waals surface area contributed by atoms with Gasteiger partial charge in [-0.2, -0.15) is 0 Å². The summed E-state index contributed by atoms with van der Waals surface area (Å²) in [6.07, 6.45) is 1.79. The normalized spacial score (nSPS) is 14.7. The molecule has 1 aromatic heterocycles. The van der Waals surface area contributed by atoms with E-state index in [2.05, 4.69) is 20.1 Å². The van der Waals surface area contributed by atoms with Crippen LogP contribution in [0.4, 0.5) is 15.9 Å². The summed E-state index contributed by atoms with van der Waals surface area (Å²) in [6.45, 7) is 3.26. The molecule has 1 aliphatic rings. The van der Waals surface area contributed by atoms with Crippen LogP contribution >= 0.6 is 23.8 Å². The predicted octanol–water partition coefficient (Wildman–Crippen LogP) is 3.39. The van der Waals surface area contributed by atoms with E-state index in [1.54, 1.807) is 12.3 Å². The largest absolute Gasteiger partial charge is 0.353 e. The molecule has 0 radical (unpaired) electrons. The first-order valence-electron chi connectivity index (χ1n) is 7.30. The quantitative estimate of drug-likeness (QED) is 0.839. The molecular formula is C16H16ClFN4S. The Hall–Kier alpha value is -1.92. The molecule has 2 heterocycles. The van der Waals surface area contributed by atoms with E-state index in [9.17, 15) is 4.39 Å². The highest BCUT2D eigenvalue weighted by Crippen LogP contribution is 2.19. The van der Waals surface area contributed by atoms with Crippen LogP contribution in [0.25, 0.3) is 0 Å². The molecule has 3 rings (SSSR count). The topological polar surface area (TPSA) is 31.4 Å². The van der Waals surface area contributed by atoms with E-state index in [0.29, 0.717) is 10.8 Å². The van der Waals surface area contributed by atoms with Gasteiger partial charge in [-0.15, -0.1) is 0 Å². The summed E-state index contributed by atoms with van der Waals surface area (Å²) in [6, 6.07) is 10.5. The SMILES string of the molecule is Fc1cc(NC(=S)N2CCN(c3ccccn3)CC2)ccc1Cl. The van der Waals surface area contributed by atoms with Gasteiger partial charge in [-0.1, -0.05) is 17.7 Å². The summed E-state index contributed by atoms with van der Waals surface area (Å²) in [4.78, 5) is 8.66. The number of rotatable bonds is 2. The molecule has 2 aromatic rings. The molecule has 120 valence electrons. The second kappa shape index (κ2) is 7.10. The van der Waals surface area contributed by atoms with Crippen molar-refractivity contribution >= 4 is 40.4 Å². The first-order valence-corrected chi connectivity index (χ1v) is 8.09. The number of piperazine rings is 1. The van der Waals surface area contributed by atoms with Gasteiger partial charge in [0.05, 0.1) is 5.02 Å². The summed E-state index contributed by atoms with van der Waals surface area (Å²) in [7, 11) is 0. The lowest BCUT2D eigenvalue weighted by Gasteiger charge is -2.36. The number of thiocarbonyl (C=S) groups is 1. The number of hydrogen-bond donors (Lipinski definition) is 1. The third-order valence-corrected chi connectivity index (χ3v) is 4.38. The summed E-state index contributed by atoms with van der Waals surface area (Å²) < 4.78 is 13.5. The van der Waals surface area contributed by atoms with Crippen LogP contribution in [0.5, 0.6) is 0 Å². The van der Waals surface area contributed by atoms with Crippen molar-refractivity contribution in [3.8, 4) is 0 Å². The molecular weight excluding hydrogens is 335 g/mol. The molecule has 0 aliphatic carbocycles. The summed E-state index contributed by atoms with van der Waals surface area (Å²) >= 11 is 11.1. The number of nitrogens with zero attached hydrogens (tertiary/aromatic N) is 3. The van der Waals surface area contributed by atoms with Crippen molar-refractivity contribution in [2.24, 2.45) is 0 Å². The number of benzene rings is 1. The Bertz CT molecular complexity index is 690. The van der Waals surface area contributed by atoms with E-state index >= 15 is 0 Å². The van der Waals surface area contributed by atoms with E-state index in [0.717, 1.165) is 32.0 Å². The standard InChI is InChI=1S/C16H16ClFN4S/c17-13-5-4-12(11-14(13)18)20-16(23)22-9-7-21(8-10-22)15-3-1-2-6-19-15/h1-6,11H,7-10H2,(H,20,23). The Morgan fingerprint density at radius 2 is 1.96 bits per heavy atom. The molecule has 1 aliphatic heterocycles. The van der Waals surface area contributed by atoms with E-state index in [1.807, 2.05) is 18.2 Å². The van der Waals surface area contributed by atoms with Crippen molar-refractivity contribution in [1.82, 2.24) is 9.88 Å². The maximum atomic E-state index is 13.5. The lowest BCUT2D eigenvalue weighted by molar-refractivity contribution is 0.389. The van der Waals surface area contributed by atoms with Gasteiger partial charge in [0.15, 0.2) is 5.11 Å². The maximum Gasteiger partial charge on any atom is 0.173 e. The van der Waals surface area contributed by atoms with Crippen LogP contribution in [-0.2, 0) is 0 Å². The minimum absolute atomic E-state index is 0.102. The van der Waals surface area contributed by atoms with Gasteiger partial charge in [0, 0.05) is 38.1 Å². The molecule has 23 heavy (non-hydrogen) atoms. The third-order valence-electron chi connectivity index (χ3n) is 3.71. The molecule has 1 fully saturated rings. The Labute approximate surface area is 144 Å². The van der Waals surface area contributed by atoms with Crippen LogP contribution < -0.4 is 10.2 Å². The number of nitrogens with one attached hydrogen (secondary N) is 1. The minimum Gasteiger partial charge on any atom is -0.353 e. The second-order valence-electron chi connectivity index (χ2n) is 5.22. The average molecular weight is 351 g/mol. The number of anilines is 2. The van der Waals surface area contributed by atoms with Crippen LogP contribution in [0.3, 0.4) is 0 Å². The van der Waals surface area contributed by atoms with Crippen LogP contribution in [-0.4, -0.2) is 41.2 Å². The molecule has 0 atom stereocenters. The molecule has 1 N–H and O–H groups in total. The Kier molecular flexibility index (Phi) is 4.93. The van der Waals surface area contributed by atoms with Gasteiger partial charge in [-0.25, -0.2) is 9.37 Å². The zero-order chi connectivity index (χ0) is 16.2. The fourth-order valence-corrected chi connectivity index (χ4v) is 2.87. The predicted molar refractivity (Wildman–Crippen MR) is 95.7 cm³/mol. The van der Waals surface area contributed by atoms with Gasteiger partial charge in [-0.3, -0.25) is 0 Å². The zero-order valence-corrected chi connectivity index (χ0v) is 13.9. The molecule has 0 unspecified atom stereocenters. The Balaban J connectivity index is 1.57. The highest BCUT2D eigenvalue weighted by atomic mass is 35.5. The first kappa shape index (κ1) is 16.0. The number of hydrogen-bond acceptors (Lipinski definition) is 3. The molecule has 1 aromatic carbocycles. The van der Waals surface area contributed by atoms with Gasteiger partial charge >= 0.3 is 0 Å². The zero-order valence-electron chi connectivity index (χ0n) is 12.4. The molecule has 7 heteroatoms.